The second kappa shape index (κ2) is 5.96. The molecule has 0 saturated carbocycles. The highest BCUT2D eigenvalue weighted by molar-refractivity contribution is 7.18. The second-order valence-electron chi connectivity index (χ2n) is 5.54. The Morgan fingerprint density at radius 1 is 1.09 bits per heavy atom. The largest absolute Gasteiger partial charge is 0.378 e. The molecule has 23 heavy (non-hydrogen) atoms. The molecule has 3 rings (SSSR count). The number of aryl methyl sites for hydroxylation is 1. The van der Waals surface area contributed by atoms with Gasteiger partial charge in [-0.05, 0) is 37.3 Å². The van der Waals surface area contributed by atoms with Crippen LogP contribution in [0.5, 0.6) is 0 Å². The van der Waals surface area contributed by atoms with E-state index in [0.29, 0.717) is 5.69 Å². The average molecular weight is 326 g/mol. The average Bonchev–Trinajstić information content (AvgIpc) is 2.92. The molecule has 0 unspecified atom stereocenters. The van der Waals surface area contributed by atoms with Crippen LogP contribution in [0.25, 0.3) is 10.2 Å². The minimum atomic E-state index is -0.130. The smallest absolute Gasteiger partial charge is 0.276 e. The van der Waals surface area contributed by atoms with Crippen molar-refractivity contribution in [2.24, 2.45) is 0 Å². The van der Waals surface area contributed by atoms with Crippen molar-refractivity contribution >= 4 is 38.8 Å². The van der Waals surface area contributed by atoms with Gasteiger partial charge in [-0.15, -0.1) is 11.3 Å². The maximum atomic E-state index is 12.7. The number of pyridine rings is 1. The molecule has 0 spiro atoms. The second-order valence-corrected chi connectivity index (χ2v) is 6.78. The van der Waals surface area contributed by atoms with E-state index in [1.165, 1.54) is 0 Å². The van der Waals surface area contributed by atoms with Crippen LogP contribution >= 0.6 is 11.3 Å². The molecular formula is C17H18N4OS. The van der Waals surface area contributed by atoms with Gasteiger partial charge in [-0.25, -0.2) is 4.98 Å². The molecule has 118 valence electrons. The Bertz CT molecular complexity index is 872. The fourth-order valence-electron chi connectivity index (χ4n) is 2.34. The van der Waals surface area contributed by atoms with Crippen LogP contribution in [-0.2, 0) is 0 Å². The third kappa shape index (κ3) is 3.03. The van der Waals surface area contributed by atoms with Crippen LogP contribution in [0.3, 0.4) is 0 Å². The number of aromatic nitrogens is 2. The van der Waals surface area contributed by atoms with Crippen LogP contribution in [0.15, 0.2) is 36.5 Å². The quantitative estimate of drug-likeness (QED) is 0.741. The molecule has 0 saturated heterocycles. The zero-order valence-electron chi connectivity index (χ0n) is 13.6. The lowest BCUT2D eigenvalue weighted by atomic mass is 10.2. The van der Waals surface area contributed by atoms with Crippen molar-refractivity contribution in [3.63, 3.8) is 0 Å². The molecule has 6 heteroatoms. The number of amides is 1. The Balaban J connectivity index is 1.92. The van der Waals surface area contributed by atoms with Gasteiger partial charge in [-0.1, -0.05) is 0 Å². The third-order valence-corrected chi connectivity index (χ3v) is 4.58. The summed E-state index contributed by atoms with van der Waals surface area (Å²) in [5, 5.41) is 1.02. The number of fused-ring (bicyclic) bond motifs is 1. The topological polar surface area (TPSA) is 49.3 Å². The minimum Gasteiger partial charge on any atom is -0.378 e. The summed E-state index contributed by atoms with van der Waals surface area (Å²) in [6, 6.07) is 9.53. The van der Waals surface area contributed by atoms with E-state index in [9.17, 15) is 4.79 Å². The number of hydrogen-bond donors (Lipinski definition) is 0. The normalized spacial score (nSPS) is 10.8. The highest BCUT2D eigenvalue weighted by Gasteiger charge is 2.16. The highest BCUT2D eigenvalue weighted by atomic mass is 32.1. The molecule has 5 nitrogen and oxygen atoms in total. The van der Waals surface area contributed by atoms with Crippen LogP contribution in [-0.4, -0.2) is 37.0 Å². The summed E-state index contributed by atoms with van der Waals surface area (Å²) in [4.78, 5) is 24.9. The Morgan fingerprint density at radius 2 is 1.87 bits per heavy atom. The van der Waals surface area contributed by atoms with E-state index in [1.807, 2.05) is 50.2 Å². The predicted octanol–water partition coefficient (Wildman–Crippen LogP) is 3.34. The number of carbonyl (C=O) groups is 1. The first-order chi connectivity index (χ1) is 11.0. The number of rotatable bonds is 3. The minimum absolute atomic E-state index is 0.130. The molecule has 2 aromatic heterocycles. The van der Waals surface area contributed by atoms with Gasteiger partial charge in [0.15, 0.2) is 0 Å². The molecule has 0 aliphatic carbocycles. The summed E-state index contributed by atoms with van der Waals surface area (Å²) in [6.45, 7) is 1.98. The van der Waals surface area contributed by atoms with Gasteiger partial charge in [0, 0.05) is 38.7 Å². The molecule has 0 N–H and O–H groups in total. The first-order valence-corrected chi connectivity index (χ1v) is 8.06. The zero-order chi connectivity index (χ0) is 16.6. The molecule has 0 aliphatic rings. The molecule has 3 aromatic rings. The lowest BCUT2D eigenvalue weighted by Gasteiger charge is -2.18. The summed E-state index contributed by atoms with van der Waals surface area (Å²) in [6.07, 6.45) is 1.66. The van der Waals surface area contributed by atoms with E-state index in [-0.39, 0.29) is 5.91 Å². The molecule has 0 radical (unpaired) electrons. The van der Waals surface area contributed by atoms with E-state index in [1.54, 1.807) is 35.5 Å². The van der Waals surface area contributed by atoms with Gasteiger partial charge >= 0.3 is 0 Å². The number of benzene rings is 1. The molecule has 0 bridgehead atoms. The fraction of sp³-hybridized carbons (Fsp3) is 0.235. The lowest BCUT2D eigenvalue weighted by molar-refractivity contribution is 0.0988. The number of carbonyl (C=O) groups excluding carboxylic acids is 1. The SMILES string of the molecule is Cc1nc2ccc(N(C)C(=O)c3cc(N(C)C)ccn3)cc2s1. The lowest BCUT2D eigenvalue weighted by Crippen LogP contribution is -2.27. The van der Waals surface area contributed by atoms with Crippen LogP contribution in [0, 0.1) is 6.92 Å². The molecule has 1 amide bonds. The molecule has 0 fully saturated rings. The van der Waals surface area contributed by atoms with Crippen molar-refractivity contribution in [2.45, 2.75) is 6.92 Å². The Hall–Kier alpha value is -2.47. The summed E-state index contributed by atoms with van der Waals surface area (Å²) >= 11 is 1.63. The molecule has 1 aromatic carbocycles. The Kier molecular flexibility index (Phi) is 4.00. The monoisotopic (exact) mass is 326 g/mol. The first-order valence-electron chi connectivity index (χ1n) is 7.24. The number of hydrogen-bond acceptors (Lipinski definition) is 5. The zero-order valence-corrected chi connectivity index (χ0v) is 14.4. The fourth-order valence-corrected chi connectivity index (χ4v) is 3.20. The molecule has 0 aliphatic heterocycles. The first kappa shape index (κ1) is 15.4. The molecule has 0 atom stereocenters. The number of nitrogens with zero attached hydrogens (tertiary/aromatic N) is 4. The predicted molar refractivity (Wildman–Crippen MR) is 95.7 cm³/mol. The van der Waals surface area contributed by atoms with Crippen LogP contribution in [0.1, 0.15) is 15.5 Å². The summed E-state index contributed by atoms with van der Waals surface area (Å²) < 4.78 is 1.08. The maximum absolute atomic E-state index is 12.7. The number of thiazole rings is 1. The molecular weight excluding hydrogens is 308 g/mol. The summed E-state index contributed by atoms with van der Waals surface area (Å²) in [5.74, 6) is -0.130. The van der Waals surface area contributed by atoms with Crippen LogP contribution in [0.2, 0.25) is 0 Å². The van der Waals surface area contributed by atoms with E-state index >= 15 is 0 Å². The Labute approximate surface area is 139 Å². The van der Waals surface area contributed by atoms with E-state index in [0.717, 1.165) is 26.6 Å². The van der Waals surface area contributed by atoms with E-state index in [4.69, 9.17) is 0 Å². The van der Waals surface area contributed by atoms with Gasteiger partial charge in [-0.2, -0.15) is 0 Å². The van der Waals surface area contributed by atoms with Crippen molar-refractivity contribution < 1.29 is 4.79 Å². The van der Waals surface area contributed by atoms with Gasteiger partial charge in [0.1, 0.15) is 5.69 Å². The summed E-state index contributed by atoms with van der Waals surface area (Å²) in [5.41, 5.74) is 3.18. The van der Waals surface area contributed by atoms with Crippen molar-refractivity contribution in [3.05, 3.63) is 47.2 Å². The van der Waals surface area contributed by atoms with Crippen molar-refractivity contribution in [1.29, 1.82) is 0 Å². The molecule has 2 heterocycles. The van der Waals surface area contributed by atoms with E-state index in [2.05, 4.69) is 9.97 Å². The van der Waals surface area contributed by atoms with Gasteiger partial charge in [0.05, 0.1) is 15.2 Å². The van der Waals surface area contributed by atoms with Crippen molar-refractivity contribution in [3.8, 4) is 0 Å². The van der Waals surface area contributed by atoms with Crippen LogP contribution < -0.4 is 9.80 Å². The van der Waals surface area contributed by atoms with Gasteiger partial charge in [0.2, 0.25) is 0 Å². The van der Waals surface area contributed by atoms with E-state index < -0.39 is 0 Å². The van der Waals surface area contributed by atoms with Gasteiger partial charge in [0.25, 0.3) is 5.91 Å². The van der Waals surface area contributed by atoms with Gasteiger partial charge < -0.3 is 9.80 Å². The standard InChI is InChI=1S/C17H18N4OS/c1-11-19-14-6-5-13(10-16(14)23-11)21(4)17(22)15-9-12(20(2)3)7-8-18-15/h5-10H,1-4H3. The highest BCUT2D eigenvalue weighted by Crippen LogP contribution is 2.27. The maximum Gasteiger partial charge on any atom is 0.276 e. The number of anilines is 2. The van der Waals surface area contributed by atoms with Crippen LogP contribution in [0.4, 0.5) is 11.4 Å². The van der Waals surface area contributed by atoms with Gasteiger partial charge in [-0.3, -0.25) is 9.78 Å². The van der Waals surface area contributed by atoms with Crippen molar-refractivity contribution in [2.75, 3.05) is 30.9 Å². The van der Waals surface area contributed by atoms with Crippen molar-refractivity contribution in [1.82, 2.24) is 9.97 Å². The summed E-state index contributed by atoms with van der Waals surface area (Å²) in [7, 11) is 5.64. The third-order valence-electron chi connectivity index (χ3n) is 3.65. The Morgan fingerprint density at radius 3 is 2.61 bits per heavy atom.